The van der Waals surface area contributed by atoms with Gasteiger partial charge in [0.1, 0.15) is 6.04 Å². The van der Waals surface area contributed by atoms with Crippen molar-refractivity contribution in [3.05, 3.63) is 65.7 Å². The van der Waals surface area contributed by atoms with Gasteiger partial charge in [0.05, 0.1) is 4.90 Å². The second-order valence-corrected chi connectivity index (χ2v) is 11.1. The third kappa shape index (κ3) is 6.67. The molecule has 1 atom stereocenters. The number of carbonyl (C=O) groups excluding carboxylic acids is 2. The summed E-state index contributed by atoms with van der Waals surface area (Å²) in [5, 5.41) is 5.88. The van der Waals surface area contributed by atoms with Crippen LogP contribution in [0.1, 0.15) is 49.7 Å². The maximum atomic E-state index is 12.8. The summed E-state index contributed by atoms with van der Waals surface area (Å²) in [4.78, 5) is 25.6. The monoisotopic (exact) mass is 483 g/mol. The Kier molecular flexibility index (Phi) is 8.00. The van der Waals surface area contributed by atoms with Crippen LogP contribution in [0.2, 0.25) is 0 Å². The largest absolute Gasteiger partial charge is 0.352 e. The summed E-state index contributed by atoms with van der Waals surface area (Å²) < 4.78 is 27.2. The number of nitrogens with one attached hydrogen (secondary N) is 2. The van der Waals surface area contributed by atoms with Gasteiger partial charge >= 0.3 is 0 Å². The maximum Gasteiger partial charge on any atom is 0.243 e. The lowest BCUT2D eigenvalue weighted by molar-refractivity contribution is -0.129. The van der Waals surface area contributed by atoms with Crippen LogP contribution in [0, 0.1) is 0 Å². The lowest BCUT2D eigenvalue weighted by Crippen LogP contribution is -2.48. The second kappa shape index (κ2) is 11.1. The first-order valence-corrected chi connectivity index (χ1v) is 13.6. The summed E-state index contributed by atoms with van der Waals surface area (Å²) in [6, 6.07) is 16.0. The minimum absolute atomic E-state index is 0.146. The molecule has 1 saturated carbocycles. The van der Waals surface area contributed by atoms with Gasteiger partial charge in [0.2, 0.25) is 21.8 Å². The molecule has 2 aromatic rings. The zero-order valence-corrected chi connectivity index (χ0v) is 20.2. The molecule has 2 fully saturated rings. The standard InChI is InChI=1S/C26H33N3O4S/c30-25(28-24(26(31)27-22-12-13-22)19-21-7-3-1-4-8-21)16-11-20-9-14-23(15-10-20)34(32,33)29-17-5-2-6-18-29/h1,3-4,7-10,14-15,22,24H,2,5-6,11-13,16-19H2,(H,27,31)(H,28,30). The van der Waals surface area contributed by atoms with Crippen molar-refractivity contribution in [3.63, 3.8) is 0 Å². The van der Waals surface area contributed by atoms with Crippen LogP contribution in [0.4, 0.5) is 0 Å². The van der Waals surface area contributed by atoms with E-state index in [1.165, 1.54) is 0 Å². The van der Waals surface area contributed by atoms with Gasteiger partial charge in [-0.05, 0) is 55.4 Å². The van der Waals surface area contributed by atoms with Crippen LogP contribution in [0.3, 0.4) is 0 Å². The molecule has 1 aliphatic carbocycles. The van der Waals surface area contributed by atoms with E-state index in [9.17, 15) is 18.0 Å². The van der Waals surface area contributed by atoms with E-state index in [0.29, 0.717) is 30.8 Å². The minimum Gasteiger partial charge on any atom is -0.352 e. The number of hydrogen-bond acceptors (Lipinski definition) is 4. The average molecular weight is 484 g/mol. The Morgan fingerprint density at radius 1 is 0.912 bits per heavy atom. The molecule has 1 unspecified atom stereocenters. The number of benzene rings is 2. The fourth-order valence-corrected chi connectivity index (χ4v) is 5.71. The molecule has 2 aromatic carbocycles. The molecular formula is C26H33N3O4S. The molecule has 2 aliphatic rings. The molecular weight excluding hydrogens is 450 g/mol. The predicted octanol–water partition coefficient (Wildman–Crippen LogP) is 2.80. The van der Waals surface area contributed by atoms with Crippen molar-refractivity contribution < 1.29 is 18.0 Å². The minimum atomic E-state index is -3.46. The third-order valence-corrected chi connectivity index (χ3v) is 8.29. The zero-order valence-electron chi connectivity index (χ0n) is 19.4. The third-order valence-electron chi connectivity index (χ3n) is 6.37. The van der Waals surface area contributed by atoms with Gasteiger partial charge in [-0.15, -0.1) is 0 Å². The Morgan fingerprint density at radius 3 is 2.24 bits per heavy atom. The molecule has 0 bridgehead atoms. The van der Waals surface area contributed by atoms with Crippen LogP contribution >= 0.6 is 0 Å². The normalized spacial score (nSPS) is 17.6. The van der Waals surface area contributed by atoms with Crippen LogP contribution in [-0.2, 0) is 32.5 Å². The molecule has 4 rings (SSSR count). The molecule has 1 heterocycles. The number of sulfonamides is 1. The number of carbonyl (C=O) groups is 2. The Bertz CT molecular complexity index is 1080. The lowest BCUT2D eigenvalue weighted by Gasteiger charge is -2.25. The molecule has 7 nitrogen and oxygen atoms in total. The van der Waals surface area contributed by atoms with E-state index in [1.807, 2.05) is 30.3 Å². The van der Waals surface area contributed by atoms with Gasteiger partial charge < -0.3 is 10.6 Å². The Morgan fingerprint density at radius 2 is 1.59 bits per heavy atom. The smallest absolute Gasteiger partial charge is 0.243 e. The fourth-order valence-electron chi connectivity index (χ4n) is 4.20. The van der Waals surface area contributed by atoms with E-state index in [4.69, 9.17) is 0 Å². The Balaban J connectivity index is 1.32. The van der Waals surface area contributed by atoms with Gasteiger partial charge in [0.15, 0.2) is 0 Å². The lowest BCUT2D eigenvalue weighted by atomic mass is 10.0. The number of aryl methyl sites for hydroxylation is 1. The Hall–Kier alpha value is -2.71. The van der Waals surface area contributed by atoms with E-state index in [1.54, 1.807) is 28.6 Å². The van der Waals surface area contributed by atoms with E-state index in [2.05, 4.69) is 10.6 Å². The number of amides is 2. The van der Waals surface area contributed by atoms with E-state index in [0.717, 1.165) is 43.2 Å². The van der Waals surface area contributed by atoms with Crippen molar-refractivity contribution in [1.29, 1.82) is 0 Å². The maximum absolute atomic E-state index is 12.8. The summed E-state index contributed by atoms with van der Waals surface area (Å²) in [5.41, 5.74) is 1.87. The van der Waals surface area contributed by atoms with Crippen molar-refractivity contribution in [2.24, 2.45) is 0 Å². The van der Waals surface area contributed by atoms with Crippen molar-refractivity contribution in [2.45, 2.75) is 68.3 Å². The fraction of sp³-hybridized carbons (Fsp3) is 0.462. The molecule has 0 radical (unpaired) electrons. The summed E-state index contributed by atoms with van der Waals surface area (Å²) in [5.74, 6) is -0.344. The summed E-state index contributed by atoms with van der Waals surface area (Å²) in [6.45, 7) is 1.14. The quantitative estimate of drug-likeness (QED) is 0.543. The first kappa shape index (κ1) is 24.4. The molecule has 8 heteroatoms. The van der Waals surface area contributed by atoms with Gasteiger partial charge in [0.25, 0.3) is 0 Å². The van der Waals surface area contributed by atoms with Crippen LogP contribution in [0.5, 0.6) is 0 Å². The number of nitrogens with zero attached hydrogens (tertiary/aromatic N) is 1. The second-order valence-electron chi connectivity index (χ2n) is 9.20. The molecule has 2 N–H and O–H groups in total. The molecule has 0 aromatic heterocycles. The highest BCUT2D eigenvalue weighted by atomic mass is 32.2. The first-order valence-electron chi connectivity index (χ1n) is 12.1. The summed E-state index contributed by atoms with van der Waals surface area (Å²) >= 11 is 0. The molecule has 1 saturated heterocycles. The van der Waals surface area contributed by atoms with Crippen LogP contribution < -0.4 is 10.6 Å². The molecule has 1 aliphatic heterocycles. The SMILES string of the molecule is O=C(CCc1ccc(S(=O)(=O)N2CCCCC2)cc1)NC(Cc1ccccc1)C(=O)NC1CC1. The first-order chi connectivity index (χ1) is 16.4. The van der Waals surface area contributed by atoms with Crippen molar-refractivity contribution in [2.75, 3.05) is 13.1 Å². The zero-order chi connectivity index (χ0) is 24.0. The highest BCUT2D eigenvalue weighted by Gasteiger charge is 2.29. The molecule has 2 amide bonds. The van der Waals surface area contributed by atoms with Crippen LogP contribution in [-0.4, -0.2) is 49.7 Å². The highest BCUT2D eigenvalue weighted by Crippen LogP contribution is 2.21. The van der Waals surface area contributed by atoms with Gasteiger partial charge in [-0.1, -0.05) is 48.9 Å². The van der Waals surface area contributed by atoms with Gasteiger partial charge in [-0.25, -0.2) is 8.42 Å². The molecule has 34 heavy (non-hydrogen) atoms. The number of rotatable bonds is 10. The number of hydrogen-bond donors (Lipinski definition) is 2. The van der Waals surface area contributed by atoms with Gasteiger partial charge in [0, 0.05) is 32.0 Å². The van der Waals surface area contributed by atoms with E-state index < -0.39 is 16.1 Å². The van der Waals surface area contributed by atoms with Crippen LogP contribution in [0.25, 0.3) is 0 Å². The van der Waals surface area contributed by atoms with Crippen molar-refractivity contribution in [1.82, 2.24) is 14.9 Å². The highest BCUT2D eigenvalue weighted by molar-refractivity contribution is 7.89. The molecule has 0 spiro atoms. The van der Waals surface area contributed by atoms with Crippen molar-refractivity contribution in [3.8, 4) is 0 Å². The van der Waals surface area contributed by atoms with E-state index in [-0.39, 0.29) is 24.3 Å². The van der Waals surface area contributed by atoms with Gasteiger partial charge in [-0.2, -0.15) is 4.31 Å². The van der Waals surface area contributed by atoms with Gasteiger partial charge in [-0.3, -0.25) is 9.59 Å². The Labute approximate surface area is 202 Å². The summed E-state index contributed by atoms with van der Waals surface area (Å²) in [7, 11) is -3.46. The predicted molar refractivity (Wildman–Crippen MR) is 131 cm³/mol. The summed E-state index contributed by atoms with van der Waals surface area (Å²) in [6.07, 6.45) is 5.98. The number of piperidine rings is 1. The van der Waals surface area contributed by atoms with Crippen LogP contribution in [0.15, 0.2) is 59.5 Å². The van der Waals surface area contributed by atoms with E-state index >= 15 is 0 Å². The molecule has 182 valence electrons. The van der Waals surface area contributed by atoms with Crippen molar-refractivity contribution >= 4 is 21.8 Å². The average Bonchev–Trinajstić information content (AvgIpc) is 3.68. The topological polar surface area (TPSA) is 95.6 Å².